The second kappa shape index (κ2) is 6.43. The third kappa shape index (κ3) is 3.34. The molecule has 0 unspecified atom stereocenters. The summed E-state index contributed by atoms with van der Waals surface area (Å²) in [6.45, 7) is 0.178. The average Bonchev–Trinajstić information content (AvgIpc) is 2.48. The molecule has 0 saturated heterocycles. The summed E-state index contributed by atoms with van der Waals surface area (Å²) >= 11 is 5.94. The number of pyridine rings is 1. The molecule has 0 aliphatic heterocycles. The summed E-state index contributed by atoms with van der Waals surface area (Å²) in [6, 6.07) is 8.71. The van der Waals surface area contributed by atoms with Crippen molar-refractivity contribution < 1.29 is 13.2 Å². The van der Waals surface area contributed by atoms with Crippen molar-refractivity contribution in [1.82, 2.24) is 9.29 Å². The Kier molecular flexibility index (Phi) is 4.82. The van der Waals surface area contributed by atoms with E-state index in [1.165, 1.54) is 29.8 Å². The largest absolute Gasteiger partial charge is 0.496 e. The number of aromatic nitrogens is 1. The Morgan fingerprint density at radius 3 is 2.67 bits per heavy atom. The van der Waals surface area contributed by atoms with Crippen LogP contribution < -0.4 is 4.74 Å². The number of hydrogen-bond acceptors (Lipinski definition) is 4. The number of nitrogens with zero attached hydrogens (tertiary/aromatic N) is 2. The van der Waals surface area contributed by atoms with E-state index < -0.39 is 10.0 Å². The van der Waals surface area contributed by atoms with Crippen LogP contribution in [0.5, 0.6) is 5.75 Å². The average molecular weight is 327 g/mol. The maximum atomic E-state index is 12.5. The zero-order valence-corrected chi connectivity index (χ0v) is 13.2. The molecule has 112 valence electrons. The van der Waals surface area contributed by atoms with Gasteiger partial charge in [-0.3, -0.25) is 4.98 Å². The number of halogens is 1. The predicted molar refractivity (Wildman–Crippen MR) is 80.9 cm³/mol. The monoisotopic (exact) mass is 326 g/mol. The summed E-state index contributed by atoms with van der Waals surface area (Å²) < 4.78 is 31.5. The number of sulfonamides is 1. The molecule has 0 amide bonds. The summed E-state index contributed by atoms with van der Waals surface area (Å²) in [5.41, 5.74) is 0.770. The van der Waals surface area contributed by atoms with Crippen LogP contribution in [0, 0.1) is 0 Å². The van der Waals surface area contributed by atoms with Crippen LogP contribution in [0.3, 0.4) is 0 Å². The third-order valence-electron chi connectivity index (χ3n) is 3.01. The second-order valence-electron chi connectivity index (χ2n) is 4.38. The lowest BCUT2D eigenvalue weighted by atomic mass is 10.2. The van der Waals surface area contributed by atoms with Gasteiger partial charge in [0.25, 0.3) is 0 Å². The van der Waals surface area contributed by atoms with Crippen LogP contribution >= 0.6 is 11.6 Å². The fraction of sp³-hybridized carbons (Fsp3) is 0.214. The van der Waals surface area contributed by atoms with Crippen LogP contribution in [0.25, 0.3) is 0 Å². The van der Waals surface area contributed by atoms with Gasteiger partial charge in [-0.1, -0.05) is 29.8 Å². The van der Waals surface area contributed by atoms with Crippen LogP contribution in [0.2, 0.25) is 5.02 Å². The van der Waals surface area contributed by atoms with Gasteiger partial charge < -0.3 is 4.74 Å². The van der Waals surface area contributed by atoms with E-state index >= 15 is 0 Å². The molecule has 0 fully saturated rings. The lowest BCUT2D eigenvalue weighted by Gasteiger charge is -2.19. The molecule has 1 aromatic carbocycles. The first-order valence-electron chi connectivity index (χ1n) is 6.14. The first-order chi connectivity index (χ1) is 9.96. The zero-order chi connectivity index (χ0) is 15.5. The molecule has 1 heterocycles. The first-order valence-corrected chi connectivity index (χ1v) is 7.96. The molecule has 0 radical (unpaired) electrons. The molecule has 2 aromatic rings. The molecule has 0 saturated carbocycles. The predicted octanol–water partition coefficient (Wildman–Crippen LogP) is 2.56. The van der Waals surface area contributed by atoms with Gasteiger partial charge in [-0.05, 0) is 12.1 Å². The first kappa shape index (κ1) is 15.8. The number of benzene rings is 1. The Hall–Kier alpha value is -1.63. The molecule has 0 aliphatic rings. The van der Waals surface area contributed by atoms with Crippen LogP contribution in [0.1, 0.15) is 5.56 Å². The van der Waals surface area contributed by atoms with E-state index in [4.69, 9.17) is 16.3 Å². The van der Waals surface area contributed by atoms with Gasteiger partial charge in [0.05, 0.1) is 12.1 Å². The van der Waals surface area contributed by atoms with Crippen molar-refractivity contribution in [2.45, 2.75) is 11.4 Å². The molecular weight excluding hydrogens is 312 g/mol. The molecule has 5 nitrogen and oxygen atoms in total. The van der Waals surface area contributed by atoms with Gasteiger partial charge in [-0.15, -0.1) is 0 Å². The van der Waals surface area contributed by atoms with E-state index in [9.17, 15) is 8.42 Å². The van der Waals surface area contributed by atoms with Gasteiger partial charge in [-0.25, -0.2) is 8.42 Å². The van der Waals surface area contributed by atoms with Crippen LogP contribution in [0.4, 0.5) is 0 Å². The van der Waals surface area contributed by atoms with Crippen molar-refractivity contribution in [2.24, 2.45) is 0 Å². The van der Waals surface area contributed by atoms with Gasteiger partial charge in [0.2, 0.25) is 10.0 Å². The summed E-state index contributed by atoms with van der Waals surface area (Å²) in [7, 11) is -0.671. The van der Waals surface area contributed by atoms with Gasteiger partial charge in [0, 0.05) is 31.5 Å². The highest BCUT2D eigenvalue weighted by Crippen LogP contribution is 2.25. The van der Waals surface area contributed by atoms with Crippen LogP contribution in [-0.4, -0.2) is 31.9 Å². The SMILES string of the molecule is COc1ccccc1CN(C)S(=O)(=O)c1cnccc1Cl. The molecular formula is C14H15ClN2O3S. The molecule has 21 heavy (non-hydrogen) atoms. The summed E-state index contributed by atoms with van der Waals surface area (Å²) in [6.07, 6.45) is 2.69. The van der Waals surface area contributed by atoms with E-state index in [-0.39, 0.29) is 16.5 Å². The molecule has 0 atom stereocenters. The van der Waals surface area contributed by atoms with Gasteiger partial charge in [-0.2, -0.15) is 4.31 Å². The topological polar surface area (TPSA) is 59.5 Å². The number of para-hydroxylation sites is 1. The smallest absolute Gasteiger partial charge is 0.246 e. The third-order valence-corrected chi connectivity index (χ3v) is 5.28. The van der Waals surface area contributed by atoms with Crippen LogP contribution in [0.15, 0.2) is 47.6 Å². The van der Waals surface area contributed by atoms with Gasteiger partial charge in [0.15, 0.2) is 0 Å². The molecule has 1 aromatic heterocycles. The molecule has 0 bridgehead atoms. The Morgan fingerprint density at radius 1 is 1.29 bits per heavy atom. The number of methoxy groups -OCH3 is 1. The van der Waals surface area contributed by atoms with Crippen molar-refractivity contribution in [3.05, 3.63) is 53.3 Å². The summed E-state index contributed by atoms with van der Waals surface area (Å²) in [4.78, 5) is 3.81. The van der Waals surface area contributed by atoms with E-state index in [0.29, 0.717) is 5.75 Å². The minimum Gasteiger partial charge on any atom is -0.496 e. The lowest BCUT2D eigenvalue weighted by Crippen LogP contribution is -2.27. The lowest BCUT2D eigenvalue weighted by molar-refractivity contribution is 0.398. The number of rotatable bonds is 5. The maximum Gasteiger partial charge on any atom is 0.246 e. The maximum absolute atomic E-state index is 12.5. The fourth-order valence-corrected chi connectivity index (χ4v) is 3.43. The normalized spacial score (nSPS) is 11.6. The zero-order valence-electron chi connectivity index (χ0n) is 11.7. The van der Waals surface area contributed by atoms with E-state index in [2.05, 4.69) is 4.98 Å². The molecule has 7 heteroatoms. The standard InChI is InChI=1S/C14H15ClN2O3S/c1-17(10-11-5-3-4-6-13(11)20-2)21(18,19)14-9-16-8-7-12(14)15/h3-9H,10H2,1-2H3. The quantitative estimate of drug-likeness (QED) is 0.847. The van der Waals surface area contributed by atoms with E-state index in [1.54, 1.807) is 13.2 Å². The molecule has 0 spiro atoms. The Bertz CT molecular complexity index is 735. The minimum absolute atomic E-state index is 0.0101. The molecule has 0 N–H and O–H groups in total. The molecule has 0 aliphatic carbocycles. The summed E-state index contributed by atoms with van der Waals surface area (Å²) in [5, 5.41) is 0.150. The van der Waals surface area contributed by atoms with Crippen molar-refractivity contribution >= 4 is 21.6 Å². The van der Waals surface area contributed by atoms with Gasteiger partial charge >= 0.3 is 0 Å². The second-order valence-corrected chi connectivity index (χ2v) is 6.80. The highest BCUT2D eigenvalue weighted by atomic mass is 35.5. The Morgan fingerprint density at radius 2 is 2.00 bits per heavy atom. The van der Waals surface area contributed by atoms with E-state index in [0.717, 1.165) is 5.56 Å². The van der Waals surface area contributed by atoms with Crippen LogP contribution in [-0.2, 0) is 16.6 Å². The minimum atomic E-state index is -3.71. The fourth-order valence-electron chi connectivity index (χ4n) is 1.88. The van der Waals surface area contributed by atoms with Crippen molar-refractivity contribution in [2.75, 3.05) is 14.2 Å². The van der Waals surface area contributed by atoms with Crippen molar-refractivity contribution in [3.63, 3.8) is 0 Å². The van der Waals surface area contributed by atoms with E-state index in [1.807, 2.05) is 18.2 Å². The molecule has 2 rings (SSSR count). The number of hydrogen-bond donors (Lipinski definition) is 0. The Labute approximate surface area is 129 Å². The number of ether oxygens (including phenoxy) is 1. The highest BCUT2D eigenvalue weighted by molar-refractivity contribution is 7.89. The van der Waals surface area contributed by atoms with Crippen molar-refractivity contribution in [1.29, 1.82) is 0 Å². The summed E-state index contributed by atoms with van der Waals surface area (Å²) in [5.74, 6) is 0.636. The van der Waals surface area contributed by atoms with Gasteiger partial charge in [0.1, 0.15) is 10.6 Å². The Balaban J connectivity index is 2.32. The van der Waals surface area contributed by atoms with Crippen molar-refractivity contribution in [3.8, 4) is 5.75 Å². The highest BCUT2D eigenvalue weighted by Gasteiger charge is 2.24.